The van der Waals surface area contributed by atoms with E-state index in [4.69, 9.17) is 9.40 Å². The Morgan fingerprint density at radius 3 is 2.56 bits per heavy atom. The molecule has 0 amide bonds. The van der Waals surface area contributed by atoms with Crippen molar-refractivity contribution in [2.75, 3.05) is 18.0 Å². The summed E-state index contributed by atoms with van der Waals surface area (Å²) in [6.45, 7) is 8.76. The molecule has 2 atom stereocenters. The summed E-state index contributed by atoms with van der Waals surface area (Å²) in [4.78, 5) is 15.6. The van der Waals surface area contributed by atoms with Gasteiger partial charge in [0.15, 0.2) is 11.5 Å². The molecule has 5 rings (SSSR count). The van der Waals surface area contributed by atoms with Crippen molar-refractivity contribution in [3.05, 3.63) is 42.3 Å². The highest BCUT2D eigenvalue weighted by Gasteiger charge is 2.35. The molecule has 4 aromatic rings. The Morgan fingerprint density at radius 2 is 1.78 bits per heavy atom. The number of pyridine rings is 2. The summed E-state index contributed by atoms with van der Waals surface area (Å²) in [6.07, 6.45) is -0.954. The Bertz CT molecular complexity index is 1310. The van der Waals surface area contributed by atoms with Crippen LogP contribution in [0.4, 0.5) is 10.2 Å². The number of rotatable bonds is 3. The maximum Gasteiger partial charge on any atom is 0.192 e. The van der Waals surface area contributed by atoms with Gasteiger partial charge in [0.05, 0.1) is 29.3 Å². The lowest BCUT2D eigenvalue weighted by atomic mass is 10.1. The topological polar surface area (TPSA) is 87.3 Å². The Hall–Kier alpha value is -3.26. The number of phenolic OH excluding ortho intramolecular Hbond substituents is 1. The van der Waals surface area contributed by atoms with Crippen molar-refractivity contribution in [1.29, 1.82) is 0 Å². The van der Waals surface area contributed by atoms with Crippen molar-refractivity contribution in [2.45, 2.75) is 45.4 Å². The molecular formula is C24H26FN5O2. The molecule has 1 aliphatic heterocycles. The zero-order valence-corrected chi connectivity index (χ0v) is 18.6. The van der Waals surface area contributed by atoms with Gasteiger partial charge in [0.1, 0.15) is 23.3 Å². The maximum absolute atomic E-state index is 14.6. The van der Waals surface area contributed by atoms with Crippen LogP contribution in [-0.2, 0) is 0 Å². The minimum atomic E-state index is -0.954. The van der Waals surface area contributed by atoms with Crippen LogP contribution in [0, 0.1) is 6.92 Å². The van der Waals surface area contributed by atoms with E-state index >= 15 is 0 Å². The smallest absolute Gasteiger partial charge is 0.192 e. The number of aromatic nitrogens is 3. The first-order chi connectivity index (χ1) is 15.2. The van der Waals surface area contributed by atoms with Gasteiger partial charge in [-0.1, -0.05) is 0 Å². The van der Waals surface area contributed by atoms with Crippen LogP contribution in [0.15, 0.2) is 40.8 Å². The lowest BCUT2D eigenvalue weighted by Gasteiger charge is -2.26. The van der Waals surface area contributed by atoms with Gasteiger partial charge in [0.25, 0.3) is 0 Å². The van der Waals surface area contributed by atoms with Gasteiger partial charge < -0.3 is 19.7 Å². The highest BCUT2D eigenvalue weighted by molar-refractivity contribution is 5.86. The fraction of sp³-hybridized carbons (Fsp3) is 0.375. The molecule has 0 spiro atoms. The third-order valence-corrected chi connectivity index (χ3v) is 5.61. The molecule has 0 aliphatic carbocycles. The van der Waals surface area contributed by atoms with E-state index in [0.29, 0.717) is 52.4 Å². The first kappa shape index (κ1) is 20.6. The summed E-state index contributed by atoms with van der Waals surface area (Å²) >= 11 is 0. The van der Waals surface area contributed by atoms with Gasteiger partial charge in [-0.25, -0.2) is 19.3 Å². The molecule has 1 saturated heterocycles. The minimum absolute atomic E-state index is 0.0886. The normalized spacial score (nSPS) is 19.3. The molecule has 7 nitrogen and oxygen atoms in total. The Balaban J connectivity index is 1.44. The molecule has 0 radical (unpaired) electrons. The van der Waals surface area contributed by atoms with Crippen LogP contribution in [0.1, 0.15) is 26.7 Å². The largest absolute Gasteiger partial charge is 0.507 e. The van der Waals surface area contributed by atoms with Gasteiger partial charge in [0.2, 0.25) is 0 Å². The van der Waals surface area contributed by atoms with Crippen molar-refractivity contribution < 1.29 is 13.9 Å². The number of benzene rings is 1. The van der Waals surface area contributed by atoms with Crippen LogP contribution in [0.3, 0.4) is 0 Å². The number of hydrogen-bond acceptors (Lipinski definition) is 7. The molecule has 166 valence electrons. The second-order valence-corrected chi connectivity index (χ2v) is 9.40. The highest BCUT2D eigenvalue weighted by atomic mass is 19.1. The van der Waals surface area contributed by atoms with Crippen LogP contribution in [-0.4, -0.2) is 50.9 Å². The molecule has 32 heavy (non-hydrogen) atoms. The molecule has 4 heterocycles. The zero-order chi connectivity index (χ0) is 22.6. The van der Waals surface area contributed by atoms with E-state index in [-0.39, 0.29) is 17.3 Å². The molecular weight excluding hydrogens is 409 g/mol. The zero-order valence-electron chi connectivity index (χ0n) is 18.6. The lowest BCUT2D eigenvalue weighted by Crippen LogP contribution is -2.48. The number of hydrogen-bond donors (Lipinski definition) is 2. The number of aromatic hydroxyl groups is 1. The van der Waals surface area contributed by atoms with Crippen molar-refractivity contribution in [2.24, 2.45) is 0 Å². The van der Waals surface area contributed by atoms with E-state index in [9.17, 15) is 9.50 Å². The first-order valence-corrected chi connectivity index (χ1v) is 10.7. The molecule has 2 N–H and O–H groups in total. The predicted octanol–water partition coefficient (Wildman–Crippen LogP) is 4.37. The molecule has 1 aliphatic rings. The van der Waals surface area contributed by atoms with Crippen LogP contribution in [0.2, 0.25) is 0 Å². The molecule has 3 aromatic heterocycles. The Labute approximate surface area is 185 Å². The first-order valence-electron chi connectivity index (χ1n) is 10.7. The van der Waals surface area contributed by atoms with Gasteiger partial charge in [-0.2, -0.15) is 0 Å². The van der Waals surface area contributed by atoms with E-state index < -0.39 is 6.17 Å². The van der Waals surface area contributed by atoms with Crippen LogP contribution in [0.5, 0.6) is 5.75 Å². The van der Waals surface area contributed by atoms with Crippen molar-refractivity contribution in [3.8, 4) is 17.0 Å². The van der Waals surface area contributed by atoms with Crippen molar-refractivity contribution in [1.82, 2.24) is 20.3 Å². The summed E-state index contributed by atoms with van der Waals surface area (Å²) in [7, 11) is 0. The van der Waals surface area contributed by atoms with E-state index in [1.54, 1.807) is 19.1 Å². The standard InChI is InChI=1S/C24H26FN5O2/c1-13-26-19-10-21(31)14(9-22(19)32-13)16-5-6-18-17(27-16)7-8-23(28-18)30-11-15(25)20(12-30)29-24(2,3)4/h5-10,15,20,29,31H,11-12H2,1-4H3/t15-,20+/m1/s1. The fourth-order valence-electron chi connectivity index (χ4n) is 4.25. The molecule has 0 bridgehead atoms. The number of nitrogens with zero attached hydrogens (tertiary/aromatic N) is 4. The summed E-state index contributed by atoms with van der Waals surface area (Å²) in [6, 6.07) is 10.5. The number of fused-ring (bicyclic) bond motifs is 2. The summed E-state index contributed by atoms with van der Waals surface area (Å²) in [5, 5.41) is 13.8. The van der Waals surface area contributed by atoms with Gasteiger partial charge in [0, 0.05) is 30.6 Å². The van der Waals surface area contributed by atoms with Gasteiger partial charge >= 0.3 is 0 Å². The number of aryl methyl sites for hydroxylation is 1. The number of phenols is 1. The summed E-state index contributed by atoms with van der Waals surface area (Å²) < 4.78 is 20.2. The van der Waals surface area contributed by atoms with Crippen LogP contribution < -0.4 is 10.2 Å². The number of halogens is 1. The second kappa shape index (κ2) is 7.41. The third-order valence-electron chi connectivity index (χ3n) is 5.61. The lowest BCUT2D eigenvalue weighted by molar-refractivity contribution is 0.257. The quantitative estimate of drug-likeness (QED) is 0.494. The number of anilines is 1. The average molecular weight is 436 g/mol. The van der Waals surface area contributed by atoms with Crippen molar-refractivity contribution >= 4 is 28.0 Å². The molecule has 0 unspecified atom stereocenters. The van der Waals surface area contributed by atoms with E-state index in [1.165, 1.54) is 0 Å². The van der Waals surface area contributed by atoms with E-state index in [0.717, 1.165) is 5.82 Å². The average Bonchev–Trinajstić information content (AvgIpc) is 3.26. The second-order valence-electron chi connectivity index (χ2n) is 9.40. The highest BCUT2D eigenvalue weighted by Crippen LogP contribution is 2.33. The van der Waals surface area contributed by atoms with Crippen LogP contribution in [0.25, 0.3) is 33.4 Å². The SMILES string of the molecule is Cc1nc2cc(O)c(-c3ccc4nc(N5C[C@@H](F)[C@@H](NC(C)(C)C)C5)ccc4n3)cc2o1. The molecule has 1 fully saturated rings. The summed E-state index contributed by atoms with van der Waals surface area (Å²) in [5.41, 5.74) is 3.63. The molecule has 8 heteroatoms. The van der Waals surface area contributed by atoms with E-state index in [2.05, 4.69) is 15.3 Å². The number of oxazole rings is 1. The Morgan fingerprint density at radius 1 is 1.03 bits per heavy atom. The maximum atomic E-state index is 14.6. The third kappa shape index (κ3) is 3.86. The van der Waals surface area contributed by atoms with Gasteiger partial charge in [-0.05, 0) is 51.1 Å². The Kier molecular flexibility index (Phi) is 4.78. The fourth-order valence-corrected chi connectivity index (χ4v) is 4.25. The van der Waals surface area contributed by atoms with Crippen LogP contribution >= 0.6 is 0 Å². The van der Waals surface area contributed by atoms with Gasteiger partial charge in [-0.15, -0.1) is 0 Å². The summed E-state index contributed by atoms with van der Waals surface area (Å²) in [5.74, 6) is 1.36. The monoisotopic (exact) mass is 435 g/mol. The predicted molar refractivity (Wildman–Crippen MR) is 123 cm³/mol. The number of alkyl halides is 1. The van der Waals surface area contributed by atoms with Gasteiger partial charge in [-0.3, -0.25) is 0 Å². The molecule has 1 aromatic carbocycles. The molecule has 0 saturated carbocycles. The van der Waals surface area contributed by atoms with Crippen molar-refractivity contribution in [3.63, 3.8) is 0 Å². The minimum Gasteiger partial charge on any atom is -0.507 e. The number of nitrogens with one attached hydrogen (secondary N) is 1. The van der Waals surface area contributed by atoms with E-state index in [1.807, 2.05) is 49.9 Å².